The number of nitrogens with one attached hydrogen (secondary N) is 1. The first-order chi connectivity index (χ1) is 9.82. The van der Waals surface area contributed by atoms with Crippen LogP contribution in [0, 0.1) is 0 Å². The lowest BCUT2D eigenvalue weighted by molar-refractivity contribution is 0.536. The van der Waals surface area contributed by atoms with Gasteiger partial charge in [-0.25, -0.2) is 13.2 Å². The van der Waals surface area contributed by atoms with E-state index in [0.717, 1.165) is 25.5 Å². The summed E-state index contributed by atoms with van der Waals surface area (Å²) in [5.74, 6) is 0. The van der Waals surface area contributed by atoms with Crippen molar-refractivity contribution in [2.24, 2.45) is 0 Å². The van der Waals surface area contributed by atoms with Crippen molar-refractivity contribution in [2.75, 3.05) is 6.26 Å². The van der Waals surface area contributed by atoms with Gasteiger partial charge < -0.3 is 4.42 Å². The van der Waals surface area contributed by atoms with Gasteiger partial charge in [-0.05, 0) is 18.4 Å². The summed E-state index contributed by atoms with van der Waals surface area (Å²) in [5.41, 5.74) is -0.969. The number of fused-ring (bicyclic) bond motifs is 1. The number of nitrogens with zero attached hydrogens (tertiary/aromatic N) is 1. The molecule has 0 radical (unpaired) electrons. The zero-order chi connectivity index (χ0) is 15.6. The Balaban J connectivity index is 2.67. The molecule has 0 fully saturated rings. The Morgan fingerprint density at radius 3 is 2.62 bits per heavy atom. The molecule has 0 amide bonds. The predicted octanol–water partition coefficient (Wildman–Crippen LogP) is 1.01. The first-order valence-electron chi connectivity index (χ1n) is 6.60. The zero-order valence-corrected chi connectivity index (χ0v) is 12.6. The van der Waals surface area contributed by atoms with Crippen molar-refractivity contribution in [1.29, 1.82) is 0 Å². The third-order valence-corrected chi connectivity index (χ3v) is 3.97. The molecular formula is C13H16N2O5S. The molecule has 0 aliphatic carbocycles. The molecule has 0 saturated heterocycles. The summed E-state index contributed by atoms with van der Waals surface area (Å²) in [4.78, 5) is 29.6. The lowest BCUT2D eigenvalue weighted by Gasteiger charge is -2.05. The van der Waals surface area contributed by atoms with E-state index >= 15 is 0 Å². The average Bonchev–Trinajstić information content (AvgIpc) is 2.36. The van der Waals surface area contributed by atoms with Crippen LogP contribution < -0.4 is 11.2 Å². The van der Waals surface area contributed by atoms with E-state index in [9.17, 15) is 18.0 Å². The van der Waals surface area contributed by atoms with Gasteiger partial charge in [0.05, 0.1) is 0 Å². The highest BCUT2D eigenvalue weighted by Gasteiger charge is 2.17. The Bertz CT molecular complexity index is 880. The molecule has 114 valence electrons. The second-order valence-electron chi connectivity index (χ2n) is 4.87. The molecular weight excluding hydrogens is 296 g/mol. The molecule has 2 aromatic rings. The van der Waals surface area contributed by atoms with Crippen LogP contribution in [0.25, 0.3) is 11.1 Å². The van der Waals surface area contributed by atoms with Crippen molar-refractivity contribution in [1.82, 2.24) is 9.97 Å². The molecule has 2 rings (SSSR count). The predicted molar refractivity (Wildman–Crippen MR) is 77.2 cm³/mol. The second-order valence-corrected chi connectivity index (χ2v) is 6.80. The second kappa shape index (κ2) is 5.80. The summed E-state index contributed by atoms with van der Waals surface area (Å²) in [5, 5.41) is -0.369. The smallest absolute Gasteiger partial charge is 0.337 e. The van der Waals surface area contributed by atoms with E-state index < -0.39 is 26.2 Å². The molecule has 0 spiro atoms. The number of aromatic amines is 1. The monoisotopic (exact) mass is 312 g/mol. The van der Waals surface area contributed by atoms with Gasteiger partial charge in [-0.3, -0.25) is 9.78 Å². The summed E-state index contributed by atoms with van der Waals surface area (Å²) < 4.78 is 27.8. The van der Waals surface area contributed by atoms with Crippen LogP contribution in [-0.2, 0) is 16.3 Å². The third-order valence-electron chi connectivity index (χ3n) is 3.08. The molecule has 8 heteroatoms. The number of aromatic nitrogens is 2. The summed E-state index contributed by atoms with van der Waals surface area (Å²) in [7, 11) is -3.69. The summed E-state index contributed by atoms with van der Waals surface area (Å²) >= 11 is 0. The van der Waals surface area contributed by atoms with Crippen LogP contribution in [0.3, 0.4) is 0 Å². The summed E-state index contributed by atoms with van der Waals surface area (Å²) in [6.07, 6.45) is 4.25. The number of unbranched alkanes of at least 4 members (excludes halogenated alkanes) is 2. The largest absolute Gasteiger partial charge is 0.403 e. The van der Waals surface area contributed by atoms with Crippen molar-refractivity contribution in [2.45, 2.75) is 37.8 Å². The number of sulfone groups is 1. The minimum Gasteiger partial charge on any atom is -0.403 e. The van der Waals surface area contributed by atoms with Crippen molar-refractivity contribution in [3.8, 4) is 0 Å². The molecule has 0 aliphatic rings. The van der Waals surface area contributed by atoms with Gasteiger partial charge in [-0.15, -0.1) is 0 Å². The third kappa shape index (κ3) is 3.38. The fourth-order valence-corrected chi connectivity index (χ4v) is 2.59. The quantitative estimate of drug-likeness (QED) is 0.651. The Labute approximate surface area is 120 Å². The van der Waals surface area contributed by atoms with Gasteiger partial charge in [0.1, 0.15) is 5.39 Å². The van der Waals surface area contributed by atoms with Crippen molar-refractivity contribution in [3.63, 3.8) is 0 Å². The molecule has 0 aliphatic heterocycles. The minimum absolute atomic E-state index is 0.137. The van der Waals surface area contributed by atoms with E-state index in [2.05, 4.69) is 9.97 Å². The van der Waals surface area contributed by atoms with Gasteiger partial charge in [-0.1, -0.05) is 19.8 Å². The van der Waals surface area contributed by atoms with Crippen LogP contribution in [0.4, 0.5) is 0 Å². The van der Waals surface area contributed by atoms with Crippen LogP contribution >= 0.6 is 0 Å². The van der Waals surface area contributed by atoms with Crippen molar-refractivity contribution < 1.29 is 12.8 Å². The van der Waals surface area contributed by atoms with Gasteiger partial charge in [-0.2, -0.15) is 4.98 Å². The molecule has 2 heterocycles. The molecule has 0 atom stereocenters. The molecule has 1 N–H and O–H groups in total. The van der Waals surface area contributed by atoms with Crippen LogP contribution in [0.1, 0.15) is 31.7 Å². The number of aryl methyl sites for hydroxylation is 1. The van der Waals surface area contributed by atoms with Gasteiger partial charge in [0.2, 0.25) is 20.7 Å². The SMILES string of the molecule is CCCCCc1cc(=O)oc2nc(S(C)(=O)=O)[nH]c(=O)c12. The molecule has 0 aromatic carbocycles. The summed E-state index contributed by atoms with van der Waals surface area (Å²) in [6, 6.07) is 1.26. The molecule has 0 unspecified atom stereocenters. The maximum Gasteiger partial charge on any atom is 0.337 e. The number of hydrogen-bond acceptors (Lipinski definition) is 6. The van der Waals surface area contributed by atoms with E-state index in [1.807, 2.05) is 6.92 Å². The Morgan fingerprint density at radius 2 is 2.00 bits per heavy atom. The van der Waals surface area contributed by atoms with Gasteiger partial charge in [0, 0.05) is 12.3 Å². The first kappa shape index (κ1) is 15.4. The van der Waals surface area contributed by atoms with Gasteiger partial charge in [0.15, 0.2) is 0 Å². The highest BCUT2D eigenvalue weighted by atomic mass is 32.2. The minimum atomic E-state index is -3.69. The fraction of sp³-hybridized carbons (Fsp3) is 0.462. The maximum absolute atomic E-state index is 12.1. The van der Waals surface area contributed by atoms with Crippen molar-refractivity contribution >= 4 is 20.9 Å². The van der Waals surface area contributed by atoms with Crippen LogP contribution in [0.5, 0.6) is 0 Å². The maximum atomic E-state index is 12.1. The normalized spacial score (nSPS) is 11.9. The van der Waals surface area contributed by atoms with Crippen molar-refractivity contribution in [3.05, 3.63) is 32.4 Å². The molecule has 0 bridgehead atoms. The topological polar surface area (TPSA) is 110 Å². The number of H-pyrrole nitrogens is 1. The Hall–Kier alpha value is -1.96. The van der Waals surface area contributed by atoms with E-state index in [4.69, 9.17) is 4.42 Å². The van der Waals surface area contributed by atoms with E-state index in [1.165, 1.54) is 6.07 Å². The average molecular weight is 312 g/mol. The highest BCUT2D eigenvalue weighted by Crippen LogP contribution is 2.15. The lowest BCUT2D eigenvalue weighted by Crippen LogP contribution is -2.18. The highest BCUT2D eigenvalue weighted by molar-refractivity contribution is 7.90. The Kier molecular flexibility index (Phi) is 4.26. The summed E-state index contributed by atoms with van der Waals surface area (Å²) in [6.45, 7) is 2.05. The standard InChI is InChI=1S/C13H16N2O5S/c1-3-4-5-6-8-7-9(16)20-12-10(8)11(17)14-13(15-12)21(2,18)19/h7H,3-6H2,1-2H3,(H,14,15,17). The van der Waals surface area contributed by atoms with Crippen LogP contribution in [0.15, 0.2) is 25.2 Å². The van der Waals surface area contributed by atoms with E-state index in [-0.39, 0.29) is 11.1 Å². The van der Waals surface area contributed by atoms with Crippen LogP contribution in [0.2, 0.25) is 0 Å². The Morgan fingerprint density at radius 1 is 1.29 bits per heavy atom. The van der Waals surface area contributed by atoms with Gasteiger partial charge in [0.25, 0.3) is 5.56 Å². The van der Waals surface area contributed by atoms with Crippen LogP contribution in [-0.4, -0.2) is 24.6 Å². The lowest BCUT2D eigenvalue weighted by atomic mass is 10.1. The first-order valence-corrected chi connectivity index (χ1v) is 8.49. The number of hydrogen-bond donors (Lipinski definition) is 1. The van der Waals surface area contributed by atoms with E-state index in [1.54, 1.807) is 0 Å². The molecule has 0 saturated carbocycles. The van der Waals surface area contributed by atoms with Gasteiger partial charge >= 0.3 is 5.63 Å². The molecule has 2 aromatic heterocycles. The zero-order valence-electron chi connectivity index (χ0n) is 11.8. The number of rotatable bonds is 5. The van der Waals surface area contributed by atoms with E-state index in [0.29, 0.717) is 12.0 Å². The molecule has 7 nitrogen and oxygen atoms in total. The fourth-order valence-electron chi connectivity index (χ4n) is 2.07. The molecule has 21 heavy (non-hydrogen) atoms.